The van der Waals surface area contributed by atoms with E-state index in [1.165, 1.54) is 30.1 Å². The molecule has 3 N–H and O–H groups in total. The quantitative estimate of drug-likeness (QED) is 0.500. The minimum absolute atomic E-state index is 0.132. The molecule has 150 valence electrons. The van der Waals surface area contributed by atoms with Gasteiger partial charge in [-0.3, -0.25) is 4.79 Å². The van der Waals surface area contributed by atoms with E-state index in [1.807, 2.05) is 0 Å². The molecule has 0 radical (unpaired) electrons. The average molecular weight is 430 g/mol. The number of nitrogens with one attached hydrogen (secondary N) is 2. The number of carbonyl (C=O) groups excluding carboxylic acids is 1. The van der Waals surface area contributed by atoms with Gasteiger partial charge in [0.25, 0.3) is 5.91 Å². The lowest BCUT2D eigenvalue weighted by Crippen LogP contribution is -2.42. The van der Waals surface area contributed by atoms with Gasteiger partial charge in [-0.25, -0.2) is 18.6 Å². The molecule has 1 fully saturated rings. The standard InChI is InChI=1S/C18H18ClF2N3O3S/c19-13-2-1-11(28-14-5-8-22-17(27)23-14)9-12(13)16(26)24-15(25)10-3-6-18(20,21)7-4-10/h1-2,5,8-10,15,25H,3-4,6-7H2,(H,24,26)(H,22,23,27). The van der Waals surface area contributed by atoms with Crippen LogP contribution in [0.25, 0.3) is 0 Å². The van der Waals surface area contributed by atoms with E-state index in [0.717, 1.165) is 0 Å². The van der Waals surface area contributed by atoms with Crippen LogP contribution in [0.15, 0.2) is 45.2 Å². The number of amides is 1. The minimum Gasteiger partial charge on any atom is -0.373 e. The Labute approximate surface area is 168 Å². The summed E-state index contributed by atoms with van der Waals surface area (Å²) in [5.41, 5.74) is -0.346. The van der Waals surface area contributed by atoms with Crippen LogP contribution >= 0.6 is 23.4 Å². The van der Waals surface area contributed by atoms with E-state index in [-0.39, 0.29) is 36.3 Å². The van der Waals surface area contributed by atoms with E-state index >= 15 is 0 Å². The highest BCUT2D eigenvalue weighted by molar-refractivity contribution is 7.99. The number of alkyl halides is 2. The van der Waals surface area contributed by atoms with Gasteiger partial charge in [-0.2, -0.15) is 0 Å². The van der Waals surface area contributed by atoms with Gasteiger partial charge in [0.2, 0.25) is 5.92 Å². The van der Waals surface area contributed by atoms with Crippen molar-refractivity contribution in [3.63, 3.8) is 0 Å². The van der Waals surface area contributed by atoms with Gasteiger partial charge in [0.15, 0.2) is 0 Å². The van der Waals surface area contributed by atoms with Crippen LogP contribution in [-0.2, 0) is 0 Å². The Kier molecular flexibility index (Phi) is 6.36. The largest absolute Gasteiger partial charge is 0.373 e. The lowest BCUT2D eigenvalue weighted by atomic mass is 9.85. The van der Waals surface area contributed by atoms with Gasteiger partial charge >= 0.3 is 5.69 Å². The molecule has 0 saturated heterocycles. The smallest absolute Gasteiger partial charge is 0.345 e. The highest BCUT2D eigenvalue weighted by atomic mass is 35.5. The molecule has 0 bridgehead atoms. The van der Waals surface area contributed by atoms with E-state index in [0.29, 0.717) is 9.92 Å². The fourth-order valence-corrected chi connectivity index (χ4v) is 4.03. The molecule has 1 aliphatic rings. The summed E-state index contributed by atoms with van der Waals surface area (Å²) >= 11 is 7.32. The molecule has 28 heavy (non-hydrogen) atoms. The SMILES string of the molecule is O=C(NC(O)C1CCC(F)(F)CC1)c1cc(Sc2ccnc(=O)[nH]2)ccc1Cl. The molecule has 1 heterocycles. The van der Waals surface area contributed by atoms with Gasteiger partial charge in [0, 0.05) is 29.9 Å². The molecule has 1 atom stereocenters. The van der Waals surface area contributed by atoms with Crippen LogP contribution in [0.5, 0.6) is 0 Å². The molecule has 2 aromatic rings. The number of rotatable bonds is 5. The molecule has 6 nitrogen and oxygen atoms in total. The fourth-order valence-electron chi connectivity index (χ4n) is 2.99. The lowest BCUT2D eigenvalue weighted by Gasteiger charge is -2.31. The molecular formula is C18H18ClF2N3O3S. The highest BCUT2D eigenvalue weighted by Gasteiger charge is 2.37. The molecule has 3 rings (SSSR count). The van der Waals surface area contributed by atoms with Crippen molar-refractivity contribution in [2.75, 3.05) is 0 Å². The molecule has 1 aliphatic carbocycles. The molecule has 0 spiro atoms. The number of aromatic nitrogens is 2. The van der Waals surface area contributed by atoms with Gasteiger partial charge < -0.3 is 15.4 Å². The molecule has 1 aromatic heterocycles. The molecule has 0 aliphatic heterocycles. The van der Waals surface area contributed by atoms with Crippen molar-refractivity contribution in [2.24, 2.45) is 5.92 Å². The summed E-state index contributed by atoms with van der Waals surface area (Å²) in [5.74, 6) is -3.73. The summed E-state index contributed by atoms with van der Waals surface area (Å²) in [5, 5.41) is 13.4. The van der Waals surface area contributed by atoms with Crippen LogP contribution in [0, 0.1) is 5.92 Å². The summed E-state index contributed by atoms with van der Waals surface area (Å²) in [6, 6.07) is 6.36. The minimum atomic E-state index is -2.71. The van der Waals surface area contributed by atoms with E-state index < -0.39 is 29.7 Å². The first-order valence-electron chi connectivity index (χ1n) is 8.63. The number of benzene rings is 1. The van der Waals surface area contributed by atoms with Crippen molar-refractivity contribution in [2.45, 2.75) is 47.8 Å². The molecule has 1 saturated carbocycles. The number of H-pyrrole nitrogens is 1. The van der Waals surface area contributed by atoms with Crippen LogP contribution in [-0.4, -0.2) is 33.1 Å². The zero-order chi connectivity index (χ0) is 20.3. The first kappa shape index (κ1) is 20.8. The van der Waals surface area contributed by atoms with Gasteiger partial charge in [-0.15, -0.1) is 0 Å². The molecule has 1 unspecified atom stereocenters. The van der Waals surface area contributed by atoms with E-state index in [9.17, 15) is 23.5 Å². The number of aromatic amines is 1. The predicted molar refractivity (Wildman–Crippen MR) is 101 cm³/mol. The third-order valence-corrected chi connectivity index (χ3v) is 5.82. The average Bonchev–Trinajstić information content (AvgIpc) is 2.63. The molecule has 1 amide bonds. The second kappa shape index (κ2) is 8.59. The Morgan fingerprint density at radius 2 is 2.07 bits per heavy atom. The van der Waals surface area contributed by atoms with E-state index in [2.05, 4.69) is 15.3 Å². The number of aliphatic hydroxyl groups excluding tert-OH is 1. The van der Waals surface area contributed by atoms with Crippen molar-refractivity contribution in [1.82, 2.24) is 15.3 Å². The normalized spacial score (nSPS) is 17.9. The monoisotopic (exact) mass is 429 g/mol. The Morgan fingerprint density at radius 3 is 2.75 bits per heavy atom. The topological polar surface area (TPSA) is 95.1 Å². The number of carbonyl (C=O) groups is 1. The van der Waals surface area contributed by atoms with Gasteiger partial charge in [0.05, 0.1) is 15.6 Å². The number of nitrogens with zero attached hydrogens (tertiary/aromatic N) is 1. The van der Waals surface area contributed by atoms with Crippen LogP contribution in [0.1, 0.15) is 36.0 Å². The molecule has 10 heteroatoms. The number of hydrogen-bond acceptors (Lipinski definition) is 5. The lowest BCUT2D eigenvalue weighted by molar-refractivity contribution is -0.0650. The molecular weight excluding hydrogens is 412 g/mol. The zero-order valence-electron chi connectivity index (χ0n) is 14.6. The Morgan fingerprint density at radius 1 is 1.36 bits per heavy atom. The Balaban J connectivity index is 1.68. The number of hydrogen-bond donors (Lipinski definition) is 3. The second-order valence-electron chi connectivity index (χ2n) is 6.59. The first-order valence-corrected chi connectivity index (χ1v) is 9.82. The fraction of sp³-hybridized carbons (Fsp3) is 0.389. The van der Waals surface area contributed by atoms with Crippen molar-refractivity contribution >= 4 is 29.3 Å². The summed E-state index contributed by atoms with van der Waals surface area (Å²) in [6.45, 7) is 0. The third kappa shape index (κ3) is 5.30. The summed E-state index contributed by atoms with van der Waals surface area (Å²) in [6.07, 6.45) is -0.202. The van der Waals surface area contributed by atoms with E-state index in [4.69, 9.17) is 11.6 Å². The van der Waals surface area contributed by atoms with Crippen molar-refractivity contribution < 1.29 is 18.7 Å². The maximum Gasteiger partial charge on any atom is 0.345 e. The number of halogens is 3. The van der Waals surface area contributed by atoms with Crippen LogP contribution < -0.4 is 11.0 Å². The third-order valence-electron chi connectivity index (χ3n) is 4.55. The second-order valence-corrected chi connectivity index (χ2v) is 8.12. The zero-order valence-corrected chi connectivity index (χ0v) is 16.2. The molecule has 1 aromatic carbocycles. The Hall–Kier alpha value is -1.97. The van der Waals surface area contributed by atoms with Crippen molar-refractivity contribution in [1.29, 1.82) is 0 Å². The summed E-state index contributed by atoms with van der Waals surface area (Å²) < 4.78 is 26.5. The van der Waals surface area contributed by atoms with Crippen LogP contribution in [0.4, 0.5) is 8.78 Å². The number of aliphatic hydroxyl groups is 1. The maximum absolute atomic E-state index is 13.3. The van der Waals surface area contributed by atoms with Gasteiger partial charge in [-0.05, 0) is 37.1 Å². The summed E-state index contributed by atoms with van der Waals surface area (Å²) in [7, 11) is 0. The Bertz CT molecular complexity index is 915. The predicted octanol–water partition coefficient (Wildman–Crippen LogP) is 3.45. The maximum atomic E-state index is 13.3. The van der Waals surface area contributed by atoms with E-state index in [1.54, 1.807) is 12.1 Å². The van der Waals surface area contributed by atoms with Crippen molar-refractivity contribution in [3.05, 3.63) is 51.5 Å². The van der Waals surface area contributed by atoms with Gasteiger partial charge in [0.1, 0.15) is 6.23 Å². The van der Waals surface area contributed by atoms with Crippen LogP contribution in [0.3, 0.4) is 0 Å². The van der Waals surface area contributed by atoms with Crippen LogP contribution in [0.2, 0.25) is 5.02 Å². The highest BCUT2D eigenvalue weighted by Crippen LogP contribution is 2.37. The van der Waals surface area contributed by atoms with Crippen molar-refractivity contribution in [3.8, 4) is 0 Å². The first-order chi connectivity index (χ1) is 13.2. The summed E-state index contributed by atoms with van der Waals surface area (Å²) in [4.78, 5) is 30.6. The van der Waals surface area contributed by atoms with Gasteiger partial charge in [-0.1, -0.05) is 23.4 Å².